The first-order chi connectivity index (χ1) is 10.3. The lowest BCUT2D eigenvalue weighted by Gasteiger charge is -2.42. The summed E-state index contributed by atoms with van der Waals surface area (Å²) in [4.78, 5) is 12.0. The van der Waals surface area contributed by atoms with Crippen LogP contribution in [-0.2, 0) is 17.8 Å². The van der Waals surface area contributed by atoms with E-state index in [0.717, 1.165) is 44.5 Å². The normalized spacial score (nSPS) is 16.9. The van der Waals surface area contributed by atoms with Crippen LogP contribution in [0.25, 0.3) is 0 Å². The Balaban J connectivity index is 1.79. The van der Waals surface area contributed by atoms with Crippen molar-refractivity contribution in [3.05, 3.63) is 18.0 Å². The van der Waals surface area contributed by atoms with Crippen molar-refractivity contribution in [2.75, 3.05) is 6.54 Å². The molecule has 1 fully saturated rings. The van der Waals surface area contributed by atoms with Crippen LogP contribution in [0.3, 0.4) is 0 Å². The van der Waals surface area contributed by atoms with E-state index in [9.17, 15) is 4.79 Å². The summed E-state index contributed by atoms with van der Waals surface area (Å²) in [6.07, 6.45) is 6.73. The van der Waals surface area contributed by atoms with E-state index in [1.807, 2.05) is 37.8 Å². The molecule has 124 valence electrons. The molecule has 0 saturated heterocycles. The third-order valence-corrected chi connectivity index (χ3v) is 3.88. The highest BCUT2D eigenvalue weighted by Gasteiger charge is 2.39. The van der Waals surface area contributed by atoms with Gasteiger partial charge in [0.15, 0.2) is 0 Å². The highest BCUT2D eigenvalue weighted by Crippen LogP contribution is 2.31. The van der Waals surface area contributed by atoms with E-state index in [2.05, 4.69) is 22.7 Å². The maximum atomic E-state index is 12.0. The number of nitrogens with one attached hydrogen (secondary N) is 2. The molecule has 1 aromatic rings. The van der Waals surface area contributed by atoms with E-state index in [1.54, 1.807) is 0 Å². The Bertz CT molecular complexity index is 500. The van der Waals surface area contributed by atoms with Crippen molar-refractivity contribution < 1.29 is 9.53 Å². The Morgan fingerprint density at radius 3 is 2.68 bits per heavy atom. The maximum Gasteiger partial charge on any atom is 0.408 e. The van der Waals surface area contributed by atoms with Gasteiger partial charge in [-0.15, -0.1) is 0 Å². The van der Waals surface area contributed by atoms with Crippen LogP contribution in [0.5, 0.6) is 0 Å². The molecule has 0 unspecified atom stereocenters. The van der Waals surface area contributed by atoms with E-state index in [-0.39, 0.29) is 11.6 Å². The SMILES string of the molecule is CCn1cc(CNCC2(NC(=O)OC(C)(C)C)CCC2)cn1. The van der Waals surface area contributed by atoms with Gasteiger partial charge in [0.1, 0.15) is 5.60 Å². The Morgan fingerprint density at radius 2 is 2.18 bits per heavy atom. The second-order valence-electron chi connectivity index (χ2n) is 7.07. The zero-order valence-electron chi connectivity index (χ0n) is 14.1. The molecule has 6 heteroatoms. The molecular formula is C16H28N4O2. The summed E-state index contributed by atoms with van der Waals surface area (Å²) in [7, 11) is 0. The topological polar surface area (TPSA) is 68.2 Å². The molecule has 0 radical (unpaired) electrons. The molecule has 22 heavy (non-hydrogen) atoms. The van der Waals surface area contributed by atoms with Crippen molar-refractivity contribution in [2.45, 2.75) is 71.2 Å². The number of ether oxygens (including phenoxy) is 1. The Labute approximate surface area is 132 Å². The number of hydrogen-bond donors (Lipinski definition) is 2. The molecule has 2 N–H and O–H groups in total. The summed E-state index contributed by atoms with van der Waals surface area (Å²) >= 11 is 0. The fourth-order valence-corrected chi connectivity index (χ4v) is 2.59. The van der Waals surface area contributed by atoms with Crippen LogP contribution in [0.15, 0.2) is 12.4 Å². The monoisotopic (exact) mass is 308 g/mol. The first-order valence-electron chi connectivity index (χ1n) is 8.05. The number of carbonyl (C=O) groups excluding carboxylic acids is 1. The fraction of sp³-hybridized carbons (Fsp3) is 0.750. The molecular weight excluding hydrogens is 280 g/mol. The van der Waals surface area contributed by atoms with Crippen LogP contribution in [0, 0.1) is 0 Å². The molecule has 0 aliphatic heterocycles. The molecule has 2 rings (SSSR count). The minimum Gasteiger partial charge on any atom is -0.444 e. The summed E-state index contributed by atoms with van der Waals surface area (Å²) in [6, 6.07) is 0. The minimum absolute atomic E-state index is 0.164. The smallest absolute Gasteiger partial charge is 0.408 e. The van der Waals surface area contributed by atoms with E-state index >= 15 is 0 Å². The van der Waals surface area contributed by atoms with Gasteiger partial charge in [-0.3, -0.25) is 4.68 Å². The Hall–Kier alpha value is -1.56. The maximum absolute atomic E-state index is 12.0. The average molecular weight is 308 g/mol. The van der Waals surface area contributed by atoms with E-state index < -0.39 is 5.60 Å². The van der Waals surface area contributed by atoms with Crippen LogP contribution in [0.1, 0.15) is 52.5 Å². The molecule has 1 saturated carbocycles. The summed E-state index contributed by atoms with van der Waals surface area (Å²) < 4.78 is 7.27. The van der Waals surface area contributed by atoms with Gasteiger partial charge in [0, 0.05) is 31.4 Å². The largest absolute Gasteiger partial charge is 0.444 e. The summed E-state index contributed by atoms with van der Waals surface area (Å²) in [5, 5.41) is 10.7. The highest BCUT2D eigenvalue weighted by molar-refractivity contribution is 5.69. The van der Waals surface area contributed by atoms with Gasteiger partial charge < -0.3 is 15.4 Å². The number of carbonyl (C=O) groups is 1. The van der Waals surface area contributed by atoms with Gasteiger partial charge in [0.25, 0.3) is 0 Å². The van der Waals surface area contributed by atoms with Crippen molar-refractivity contribution in [3.8, 4) is 0 Å². The van der Waals surface area contributed by atoms with Gasteiger partial charge in [-0.25, -0.2) is 4.79 Å². The quantitative estimate of drug-likeness (QED) is 0.847. The predicted molar refractivity (Wildman–Crippen MR) is 85.6 cm³/mol. The summed E-state index contributed by atoms with van der Waals surface area (Å²) in [5.41, 5.74) is 0.536. The zero-order chi connectivity index (χ0) is 16.2. The lowest BCUT2D eigenvalue weighted by Crippen LogP contribution is -2.59. The second-order valence-corrected chi connectivity index (χ2v) is 7.07. The number of rotatable bonds is 6. The van der Waals surface area contributed by atoms with Gasteiger partial charge in [0.2, 0.25) is 0 Å². The third-order valence-electron chi connectivity index (χ3n) is 3.88. The fourth-order valence-electron chi connectivity index (χ4n) is 2.59. The first kappa shape index (κ1) is 16.8. The van der Waals surface area contributed by atoms with Crippen LogP contribution in [0.4, 0.5) is 4.79 Å². The van der Waals surface area contributed by atoms with Gasteiger partial charge >= 0.3 is 6.09 Å². The summed E-state index contributed by atoms with van der Waals surface area (Å²) in [6.45, 7) is 10.1. The number of alkyl carbamates (subject to hydrolysis) is 1. The number of aryl methyl sites for hydroxylation is 1. The van der Waals surface area contributed by atoms with Crippen molar-refractivity contribution in [1.82, 2.24) is 20.4 Å². The molecule has 1 heterocycles. The average Bonchev–Trinajstić information content (AvgIpc) is 2.81. The minimum atomic E-state index is -0.461. The van der Waals surface area contributed by atoms with Gasteiger partial charge in [-0.1, -0.05) is 0 Å². The van der Waals surface area contributed by atoms with Crippen LogP contribution >= 0.6 is 0 Å². The molecule has 0 aromatic carbocycles. The lowest BCUT2D eigenvalue weighted by molar-refractivity contribution is 0.0382. The lowest BCUT2D eigenvalue weighted by atomic mass is 9.76. The molecule has 1 aromatic heterocycles. The van der Waals surface area contributed by atoms with E-state index in [4.69, 9.17) is 4.74 Å². The standard InChI is InChI=1S/C16H28N4O2/c1-5-20-11-13(10-18-20)9-17-12-16(7-6-8-16)19-14(21)22-15(2,3)4/h10-11,17H,5-9,12H2,1-4H3,(H,19,21). The number of aromatic nitrogens is 2. The van der Waals surface area contributed by atoms with Crippen LogP contribution in [0.2, 0.25) is 0 Å². The summed E-state index contributed by atoms with van der Waals surface area (Å²) in [5.74, 6) is 0. The van der Waals surface area contributed by atoms with Crippen molar-refractivity contribution in [3.63, 3.8) is 0 Å². The van der Waals surface area contributed by atoms with Gasteiger partial charge in [-0.2, -0.15) is 5.10 Å². The van der Waals surface area contributed by atoms with Crippen molar-refractivity contribution in [1.29, 1.82) is 0 Å². The second kappa shape index (κ2) is 6.69. The highest BCUT2D eigenvalue weighted by atomic mass is 16.6. The Kier molecular flexibility index (Phi) is 5.11. The zero-order valence-corrected chi connectivity index (χ0v) is 14.1. The van der Waals surface area contributed by atoms with E-state index in [0.29, 0.717) is 0 Å². The van der Waals surface area contributed by atoms with Crippen LogP contribution in [-0.4, -0.2) is 33.6 Å². The van der Waals surface area contributed by atoms with Gasteiger partial charge in [-0.05, 0) is 47.0 Å². The molecule has 0 bridgehead atoms. The molecule has 0 atom stereocenters. The first-order valence-corrected chi connectivity index (χ1v) is 8.05. The molecule has 6 nitrogen and oxygen atoms in total. The number of hydrogen-bond acceptors (Lipinski definition) is 4. The third kappa shape index (κ3) is 4.73. The predicted octanol–water partition coefficient (Wildman–Crippen LogP) is 2.44. The van der Waals surface area contributed by atoms with Gasteiger partial charge in [0.05, 0.1) is 11.7 Å². The number of nitrogens with zero attached hydrogens (tertiary/aromatic N) is 2. The number of amides is 1. The van der Waals surface area contributed by atoms with Crippen molar-refractivity contribution in [2.24, 2.45) is 0 Å². The van der Waals surface area contributed by atoms with Crippen molar-refractivity contribution >= 4 is 6.09 Å². The Morgan fingerprint density at radius 1 is 1.45 bits per heavy atom. The molecule has 1 aliphatic rings. The van der Waals surface area contributed by atoms with Crippen LogP contribution < -0.4 is 10.6 Å². The molecule has 0 spiro atoms. The molecule has 1 aliphatic carbocycles. The molecule has 1 amide bonds. The van der Waals surface area contributed by atoms with E-state index in [1.165, 1.54) is 0 Å².